The van der Waals surface area contributed by atoms with E-state index in [-0.39, 0.29) is 11.6 Å². The van der Waals surface area contributed by atoms with Gasteiger partial charge >= 0.3 is 0 Å². The molecule has 124 valence electrons. The fraction of sp³-hybridized carbons (Fsp3) is 1.00. The van der Waals surface area contributed by atoms with Crippen LogP contribution in [-0.2, 0) is 9.84 Å². The van der Waals surface area contributed by atoms with Gasteiger partial charge in [0.1, 0.15) is 0 Å². The molecule has 2 saturated heterocycles. The topological polar surface area (TPSA) is 66.6 Å². The Morgan fingerprint density at radius 2 is 2.10 bits per heavy atom. The number of hydrogen-bond acceptors (Lipinski definition) is 5. The molecule has 2 atom stereocenters. The molecule has 21 heavy (non-hydrogen) atoms. The van der Waals surface area contributed by atoms with Crippen LogP contribution in [0.15, 0.2) is 0 Å². The molecule has 5 nitrogen and oxygen atoms in total. The molecule has 0 aliphatic carbocycles. The van der Waals surface area contributed by atoms with Crippen molar-refractivity contribution in [2.24, 2.45) is 5.73 Å². The first kappa shape index (κ1) is 17.2. The van der Waals surface area contributed by atoms with E-state index in [9.17, 15) is 8.42 Å². The van der Waals surface area contributed by atoms with Crippen LogP contribution < -0.4 is 5.73 Å². The third kappa shape index (κ3) is 3.97. The summed E-state index contributed by atoms with van der Waals surface area (Å²) >= 11 is 0. The van der Waals surface area contributed by atoms with E-state index in [1.54, 1.807) is 0 Å². The summed E-state index contributed by atoms with van der Waals surface area (Å²) < 4.78 is 23.5. The van der Waals surface area contributed by atoms with Crippen LogP contribution in [0.4, 0.5) is 0 Å². The van der Waals surface area contributed by atoms with Gasteiger partial charge in [0.25, 0.3) is 0 Å². The average molecular weight is 317 g/mol. The molecule has 0 radical (unpaired) electrons. The fourth-order valence-electron chi connectivity index (χ4n) is 3.94. The average Bonchev–Trinajstić information content (AvgIpc) is 2.69. The Bertz CT molecular complexity index is 440. The summed E-state index contributed by atoms with van der Waals surface area (Å²) in [6, 6.07) is 0.149. The summed E-state index contributed by atoms with van der Waals surface area (Å²) in [5.41, 5.74) is 6.13. The molecule has 0 aromatic heterocycles. The van der Waals surface area contributed by atoms with Crippen molar-refractivity contribution < 1.29 is 8.42 Å². The van der Waals surface area contributed by atoms with E-state index in [0.29, 0.717) is 18.1 Å². The largest absolute Gasteiger partial charge is 0.329 e. The molecular weight excluding hydrogens is 286 g/mol. The molecule has 2 aliphatic rings. The highest BCUT2D eigenvalue weighted by molar-refractivity contribution is 7.91. The van der Waals surface area contributed by atoms with E-state index >= 15 is 0 Å². The maximum atomic E-state index is 11.8. The van der Waals surface area contributed by atoms with Crippen molar-refractivity contribution in [2.75, 3.05) is 44.7 Å². The van der Waals surface area contributed by atoms with Gasteiger partial charge in [0.15, 0.2) is 9.84 Å². The van der Waals surface area contributed by atoms with E-state index in [2.05, 4.69) is 23.8 Å². The second-order valence-electron chi connectivity index (χ2n) is 6.79. The lowest BCUT2D eigenvalue weighted by atomic mass is 9.87. The van der Waals surface area contributed by atoms with Gasteiger partial charge in [0.2, 0.25) is 0 Å². The van der Waals surface area contributed by atoms with Crippen LogP contribution >= 0.6 is 0 Å². The highest BCUT2D eigenvalue weighted by Crippen LogP contribution is 2.32. The Morgan fingerprint density at radius 3 is 2.67 bits per heavy atom. The van der Waals surface area contributed by atoms with Gasteiger partial charge in [-0.3, -0.25) is 4.90 Å². The van der Waals surface area contributed by atoms with Gasteiger partial charge in [-0.2, -0.15) is 0 Å². The number of sulfone groups is 1. The molecule has 6 heteroatoms. The standard InChI is InChI=1S/C15H31N3O2S/c1-3-8-18-9-4-6-15(13-16,7-10-18)17(2)14-5-11-21(19,20)12-14/h14H,3-13,16H2,1-2H3. The summed E-state index contributed by atoms with van der Waals surface area (Å²) in [5, 5.41) is 0. The molecule has 2 rings (SSSR count). The van der Waals surface area contributed by atoms with E-state index in [1.165, 1.54) is 6.42 Å². The molecule has 2 aliphatic heterocycles. The predicted octanol–water partition coefficient (Wildman–Crippen LogP) is 0.699. The zero-order valence-electron chi connectivity index (χ0n) is 13.6. The highest BCUT2D eigenvalue weighted by atomic mass is 32.2. The van der Waals surface area contributed by atoms with Crippen molar-refractivity contribution >= 4 is 9.84 Å². The Morgan fingerprint density at radius 1 is 1.33 bits per heavy atom. The van der Waals surface area contributed by atoms with Crippen molar-refractivity contribution in [3.05, 3.63) is 0 Å². The van der Waals surface area contributed by atoms with Crippen LogP contribution in [-0.4, -0.2) is 74.5 Å². The fourth-order valence-corrected chi connectivity index (χ4v) is 5.72. The maximum Gasteiger partial charge on any atom is 0.151 e. The van der Waals surface area contributed by atoms with Crippen molar-refractivity contribution in [3.63, 3.8) is 0 Å². The van der Waals surface area contributed by atoms with Crippen LogP contribution in [0.25, 0.3) is 0 Å². The van der Waals surface area contributed by atoms with Crippen LogP contribution in [0.2, 0.25) is 0 Å². The van der Waals surface area contributed by atoms with Gasteiger partial charge in [-0.15, -0.1) is 0 Å². The smallest absolute Gasteiger partial charge is 0.151 e. The molecule has 0 spiro atoms. The summed E-state index contributed by atoms with van der Waals surface area (Å²) in [6.07, 6.45) is 5.24. The molecule has 0 bridgehead atoms. The van der Waals surface area contributed by atoms with E-state index in [0.717, 1.165) is 45.3 Å². The van der Waals surface area contributed by atoms with Crippen LogP contribution in [0.3, 0.4) is 0 Å². The van der Waals surface area contributed by atoms with Crippen LogP contribution in [0.5, 0.6) is 0 Å². The first-order chi connectivity index (χ1) is 9.92. The summed E-state index contributed by atoms with van der Waals surface area (Å²) in [7, 11) is -0.744. The number of nitrogens with two attached hydrogens (primary N) is 1. The Balaban J connectivity index is 2.06. The van der Waals surface area contributed by atoms with Gasteiger partial charge in [0, 0.05) is 18.1 Å². The lowest BCUT2D eigenvalue weighted by Crippen LogP contribution is -2.56. The first-order valence-electron chi connectivity index (χ1n) is 8.28. The van der Waals surface area contributed by atoms with Gasteiger partial charge in [-0.25, -0.2) is 8.42 Å². The van der Waals surface area contributed by atoms with Crippen LogP contribution in [0.1, 0.15) is 39.0 Å². The zero-order valence-corrected chi connectivity index (χ0v) is 14.4. The van der Waals surface area contributed by atoms with Gasteiger partial charge in [-0.05, 0) is 58.8 Å². The number of likely N-dealkylation sites (tertiary alicyclic amines) is 1. The predicted molar refractivity (Wildman–Crippen MR) is 87.2 cm³/mol. The molecule has 2 fully saturated rings. The van der Waals surface area contributed by atoms with Crippen molar-refractivity contribution in [1.82, 2.24) is 9.80 Å². The van der Waals surface area contributed by atoms with Gasteiger partial charge < -0.3 is 10.6 Å². The van der Waals surface area contributed by atoms with E-state index in [1.807, 2.05) is 0 Å². The Kier molecular flexibility index (Phi) is 5.68. The van der Waals surface area contributed by atoms with Crippen LogP contribution in [0, 0.1) is 0 Å². The Labute approximate surface area is 129 Å². The molecule has 0 amide bonds. The number of nitrogens with zero attached hydrogens (tertiary/aromatic N) is 2. The first-order valence-corrected chi connectivity index (χ1v) is 10.1. The molecule has 2 N–H and O–H groups in total. The van der Waals surface area contributed by atoms with Crippen molar-refractivity contribution in [3.8, 4) is 0 Å². The summed E-state index contributed by atoms with van der Waals surface area (Å²) in [6.45, 7) is 6.22. The quantitative estimate of drug-likeness (QED) is 0.808. The van der Waals surface area contributed by atoms with Crippen molar-refractivity contribution in [1.29, 1.82) is 0 Å². The van der Waals surface area contributed by atoms with Gasteiger partial charge in [0.05, 0.1) is 11.5 Å². The van der Waals surface area contributed by atoms with E-state index < -0.39 is 9.84 Å². The molecule has 0 saturated carbocycles. The zero-order chi connectivity index (χ0) is 15.5. The molecule has 2 unspecified atom stereocenters. The van der Waals surface area contributed by atoms with E-state index in [4.69, 9.17) is 5.73 Å². The molecular formula is C15H31N3O2S. The minimum absolute atomic E-state index is 0.0208. The SMILES string of the molecule is CCCN1CCCC(CN)(N(C)C2CCS(=O)(=O)C2)CC1. The van der Waals surface area contributed by atoms with Crippen molar-refractivity contribution in [2.45, 2.75) is 50.6 Å². The number of likely N-dealkylation sites (N-methyl/N-ethyl adjacent to an activating group) is 1. The summed E-state index contributed by atoms with van der Waals surface area (Å²) in [4.78, 5) is 4.84. The molecule has 2 heterocycles. The molecule has 0 aromatic rings. The molecule has 0 aromatic carbocycles. The normalized spacial score (nSPS) is 34.2. The minimum atomic E-state index is -2.84. The van der Waals surface area contributed by atoms with Gasteiger partial charge in [-0.1, -0.05) is 6.92 Å². The summed E-state index contributed by atoms with van der Waals surface area (Å²) in [5.74, 6) is 0.647. The maximum absolute atomic E-state index is 11.8. The second kappa shape index (κ2) is 6.94. The monoisotopic (exact) mass is 317 g/mol. The lowest BCUT2D eigenvalue weighted by Gasteiger charge is -2.44. The highest BCUT2D eigenvalue weighted by Gasteiger charge is 2.41. The third-order valence-corrected chi connectivity index (χ3v) is 7.18. The number of hydrogen-bond donors (Lipinski definition) is 1. The number of rotatable bonds is 5. The second-order valence-corrected chi connectivity index (χ2v) is 9.02. The third-order valence-electron chi connectivity index (χ3n) is 5.43. The Hall–Kier alpha value is -0.170. The minimum Gasteiger partial charge on any atom is -0.329 e. The lowest BCUT2D eigenvalue weighted by molar-refractivity contribution is 0.0721.